The number of hydrogen-bond donors (Lipinski definition) is 1. The number of aromatic nitrogens is 1. The van der Waals surface area contributed by atoms with E-state index in [1.54, 1.807) is 37.3 Å². The number of sulfone groups is 1. The van der Waals surface area contributed by atoms with E-state index in [9.17, 15) is 23.6 Å². The molecule has 2 aromatic carbocycles. The number of rotatable bonds is 6. The molecular weight excluding hydrogens is 443 g/mol. The lowest BCUT2D eigenvalue weighted by atomic mass is 10.0. The van der Waals surface area contributed by atoms with Gasteiger partial charge < -0.3 is 9.51 Å². The van der Waals surface area contributed by atoms with Crippen molar-refractivity contribution in [1.82, 2.24) is 4.40 Å². The molecule has 0 bridgehead atoms. The summed E-state index contributed by atoms with van der Waals surface area (Å²) in [6, 6.07) is 18.5. The third kappa shape index (κ3) is 3.88. The maximum absolute atomic E-state index is 15.0. The summed E-state index contributed by atoms with van der Waals surface area (Å²) in [6.07, 6.45) is 1.11. The molecule has 1 atom stereocenters. The molecule has 0 aliphatic carbocycles. The van der Waals surface area contributed by atoms with Crippen LogP contribution in [0.3, 0.4) is 0 Å². The van der Waals surface area contributed by atoms with E-state index in [0.717, 1.165) is 0 Å². The van der Waals surface area contributed by atoms with Crippen LogP contribution in [0.1, 0.15) is 33.2 Å². The minimum Gasteiger partial charge on any atom is -0.481 e. The molecule has 2 heterocycles. The van der Waals surface area contributed by atoms with Gasteiger partial charge in [-0.2, -0.15) is 5.26 Å². The SMILES string of the molecule is Cc1c(CC(=O)O)c2ccc(C#N)cn2c1C(c1ccccc1F)S(=O)(=O)c1ccccc1. The van der Waals surface area contributed by atoms with Gasteiger partial charge in [0.25, 0.3) is 0 Å². The van der Waals surface area contributed by atoms with Crippen molar-refractivity contribution in [3.8, 4) is 6.07 Å². The zero-order valence-corrected chi connectivity index (χ0v) is 18.4. The number of aliphatic carboxylic acids is 1. The van der Waals surface area contributed by atoms with Crippen LogP contribution in [0.25, 0.3) is 5.52 Å². The van der Waals surface area contributed by atoms with Gasteiger partial charge in [0.05, 0.1) is 16.9 Å². The summed E-state index contributed by atoms with van der Waals surface area (Å²) in [7, 11) is -4.17. The van der Waals surface area contributed by atoms with Crippen molar-refractivity contribution in [2.45, 2.75) is 23.5 Å². The Kier molecular flexibility index (Phi) is 5.75. The van der Waals surface area contributed by atoms with Crippen LogP contribution in [-0.2, 0) is 21.1 Å². The molecule has 4 rings (SSSR count). The summed E-state index contributed by atoms with van der Waals surface area (Å²) in [4.78, 5) is 11.6. The highest BCUT2D eigenvalue weighted by molar-refractivity contribution is 7.91. The largest absolute Gasteiger partial charge is 0.481 e. The molecule has 4 aromatic rings. The topological polar surface area (TPSA) is 99.6 Å². The van der Waals surface area contributed by atoms with Crippen LogP contribution in [0.15, 0.2) is 77.8 Å². The van der Waals surface area contributed by atoms with Crippen molar-refractivity contribution in [3.05, 3.63) is 107 Å². The van der Waals surface area contributed by atoms with Gasteiger partial charge >= 0.3 is 5.97 Å². The van der Waals surface area contributed by atoms with Gasteiger partial charge in [-0.1, -0.05) is 36.4 Å². The van der Waals surface area contributed by atoms with Gasteiger partial charge in [0, 0.05) is 23.0 Å². The van der Waals surface area contributed by atoms with Gasteiger partial charge in [-0.25, -0.2) is 12.8 Å². The quantitative estimate of drug-likeness (QED) is 0.456. The van der Waals surface area contributed by atoms with Crippen LogP contribution in [0.4, 0.5) is 4.39 Å². The number of nitrogens with zero attached hydrogens (tertiary/aromatic N) is 2. The predicted octanol–water partition coefficient (Wildman–Crippen LogP) is 4.45. The van der Waals surface area contributed by atoms with Gasteiger partial charge in [0.2, 0.25) is 0 Å². The highest BCUT2D eigenvalue weighted by Crippen LogP contribution is 2.40. The first-order valence-electron chi connectivity index (χ1n) is 10.0. The molecule has 6 nitrogen and oxygen atoms in total. The summed E-state index contributed by atoms with van der Waals surface area (Å²) < 4.78 is 44.4. The summed E-state index contributed by atoms with van der Waals surface area (Å²) in [5.74, 6) is -1.79. The molecule has 0 amide bonds. The maximum atomic E-state index is 15.0. The second-order valence-electron chi connectivity index (χ2n) is 7.60. The molecule has 0 fully saturated rings. The van der Waals surface area contributed by atoms with E-state index in [1.165, 1.54) is 47.0 Å². The Morgan fingerprint density at radius 2 is 1.76 bits per heavy atom. The monoisotopic (exact) mass is 462 g/mol. The number of fused-ring (bicyclic) bond motifs is 1. The Bertz CT molecular complexity index is 1520. The standard InChI is InChI=1S/C25H19FN2O4S/c1-16-20(13-23(29)30)22-12-11-17(14-27)15-28(22)24(16)25(19-9-5-6-10-21(19)26)33(31,32)18-7-3-2-4-8-18/h2-12,15,25H,13H2,1H3,(H,29,30). The molecule has 33 heavy (non-hydrogen) atoms. The Labute approximate surface area is 190 Å². The van der Waals surface area contributed by atoms with Crippen molar-refractivity contribution < 1.29 is 22.7 Å². The Morgan fingerprint density at radius 3 is 2.39 bits per heavy atom. The molecule has 2 aromatic heterocycles. The van der Waals surface area contributed by atoms with Crippen LogP contribution in [0.2, 0.25) is 0 Å². The highest BCUT2D eigenvalue weighted by Gasteiger charge is 2.37. The van der Waals surface area contributed by atoms with E-state index in [1.807, 2.05) is 6.07 Å². The average molecular weight is 463 g/mol. The fourth-order valence-corrected chi connectivity index (χ4v) is 6.05. The van der Waals surface area contributed by atoms with Crippen LogP contribution in [0.5, 0.6) is 0 Å². The molecule has 0 aliphatic heterocycles. The van der Waals surface area contributed by atoms with Crippen molar-refractivity contribution in [3.63, 3.8) is 0 Å². The Hall–Kier alpha value is -3.96. The first kappa shape index (κ1) is 22.2. The van der Waals surface area contributed by atoms with E-state index in [0.29, 0.717) is 16.6 Å². The van der Waals surface area contributed by atoms with Crippen molar-refractivity contribution in [2.75, 3.05) is 0 Å². The summed E-state index contributed by atoms with van der Waals surface area (Å²) in [6.45, 7) is 1.63. The van der Waals surface area contributed by atoms with Gasteiger partial charge in [-0.3, -0.25) is 4.79 Å². The number of carbonyl (C=O) groups is 1. The number of halogens is 1. The zero-order chi connectivity index (χ0) is 23.8. The third-order valence-electron chi connectivity index (χ3n) is 5.63. The molecule has 166 valence electrons. The lowest BCUT2D eigenvalue weighted by molar-refractivity contribution is -0.136. The normalized spacial score (nSPS) is 12.4. The Balaban J connectivity index is 2.14. The van der Waals surface area contributed by atoms with Gasteiger partial charge in [-0.15, -0.1) is 0 Å². The maximum Gasteiger partial charge on any atom is 0.307 e. The molecule has 0 radical (unpaired) electrons. The number of carboxylic acids is 1. The smallest absolute Gasteiger partial charge is 0.307 e. The van der Waals surface area contributed by atoms with E-state index >= 15 is 4.39 Å². The fourth-order valence-electron chi connectivity index (χ4n) is 4.13. The summed E-state index contributed by atoms with van der Waals surface area (Å²) in [5.41, 5.74) is 1.67. The molecule has 1 N–H and O–H groups in total. The number of benzene rings is 2. The third-order valence-corrected chi connectivity index (χ3v) is 7.66. The van der Waals surface area contributed by atoms with Crippen molar-refractivity contribution in [2.24, 2.45) is 0 Å². The summed E-state index contributed by atoms with van der Waals surface area (Å²) >= 11 is 0. The molecule has 0 aliphatic rings. The van der Waals surface area contributed by atoms with E-state index < -0.39 is 26.9 Å². The molecule has 0 saturated carbocycles. The molecule has 0 saturated heterocycles. The average Bonchev–Trinajstić information content (AvgIpc) is 3.06. The second-order valence-corrected chi connectivity index (χ2v) is 9.64. The molecule has 8 heteroatoms. The predicted molar refractivity (Wildman–Crippen MR) is 120 cm³/mol. The van der Waals surface area contributed by atoms with Crippen LogP contribution >= 0.6 is 0 Å². The minimum atomic E-state index is -4.17. The number of carboxylic acid groups (broad SMARTS) is 1. The van der Waals surface area contributed by atoms with Gasteiger partial charge in [0.15, 0.2) is 9.84 Å². The molecule has 1 unspecified atom stereocenters. The summed E-state index contributed by atoms with van der Waals surface area (Å²) in [5, 5.41) is 17.4. The van der Waals surface area contributed by atoms with Crippen LogP contribution in [-0.4, -0.2) is 23.9 Å². The van der Waals surface area contributed by atoms with E-state index in [4.69, 9.17) is 0 Å². The van der Waals surface area contributed by atoms with E-state index in [-0.39, 0.29) is 28.1 Å². The van der Waals surface area contributed by atoms with Gasteiger partial charge in [0.1, 0.15) is 17.1 Å². The molecule has 0 spiro atoms. The lowest BCUT2D eigenvalue weighted by Crippen LogP contribution is -2.19. The van der Waals surface area contributed by atoms with E-state index in [2.05, 4.69) is 0 Å². The second kappa shape index (κ2) is 8.52. The Morgan fingerprint density at radius 1 is 1.09 bits per heavy atom. The van der Waals surface area contributed by atoms with Crippen molar-refractivity contribution in [1.29, 1.82) is 5.26 Å². The van der Waals surface area contributed by atoms with Crippen LogP contribution in [0, 0.1) is 24.1 Å². The number of nitriles is 1. The molecular formula is C25H19FN2O4S. The van der Waals surface area contributed by atoms with Crippen molar-refractivity contribution >= 4 is 21.3 Å². The van der Waals surface area contributed by atoms with Crippen LogP contribution < -0.4 is 0 Å². The van der Waals surface area contributed by atoms with Gasteiger partial charge in [-0.05, 0) is 48.4 Å². The number of hydrogen-bond acceptors (Lipinski definition) is 4. The minimum absolute atomic E-state index is 0.00354. The zero-order valence-electron chi connectivity index (χ0n) is 17.6. The fraction of sp³-hybridized carbons (Fsp3) is 0.120. The lowest BCUT2D eigenvalue weighted by Gasteiger charge is -2.21. The number of pyridine rings is 1. The first-order valence-corrected chi connectivity index (χ1v) is 11.6. The highest BCUT2D eigenvalue weighted by atomic mass is 32.2. The first-order chi connectivity index (χ1) is 15.8.